The van der Waals surface area contributed by atoms with Gasteiger partial charge in [0.15, 0.2) is 6.29 Å². The third kappa shape index (κ3) is 4.04. The summed E-state index contributed by atoms with van der Waals surface area (Å²) in [5.41, 5.74) is -0.0230. The van der Waals surface area contributed by atoms with Gasteiger partial charge >= 0.3 is 8.80 Å². The molecule has 2 heterocycles. The van der Waals surface area contributed by atoms with Gasteiger partial charge in [0.05, 0.1) is 18.8 Å². The molecule has 0 aromatic rings. The summed E-state index contributed by atoms with van der Waals surface area (Å²) in [4.78, 5) is 0. The van der Waals surface area contributed by atoms with E-state index >= 15 is 0 Å². The molecular formula is C14H29NO5Si. The predicted octanol–water partition coefficient (Wildman–Crippen LogP) is 1.53. The van der Waals surface area contributed by atoms with Crippen LogP contribution in [0.4, 0.5) is 0 Å². The smallest absolute Gasteiger partial charge is 0.374 e. The number of rotatable bonds is 10. The van der Waals surface area contributed by atoms with Crippen molar-refractivity contribution in [1.82, 2.24) is 5.32 Å². The Bertz CT molecular complexity index is 291. The minimum atomic E-state index is -2.56. The van der Waals surface area contributed by atoms with E-state index in [1.807, 2.05) is 20.8 Å². The molecule has 0 radical (unpaired) electrons. The Morgan fingerprint density at radius 2 is 1.52 bits per heavy atom. The first-order valence-corrected chi connectivity index (χ1v) is 10.0. The average Bonchev–Trinajstić information content (AvgIpc) is 2.99. The van der Waals surface area contributed by atoms with Crippen molar-refractivity contribution >= 4 is 8.80 Å². The van der Waals surface area contributed by atoms with Crippen molar-refractivity contribution in [2.45, 2.75) is 51.5 Å². The van der Waals surface area contributed by atoms with Crippen molar-refractivity contribution in [3.8, 4) is 0 Å². The van der Waals surface area contributed by atoms with Crippen LogP contribution in [0.15, 0.2) is 0 Å². The number of fused-ring (bicyclic) bond motifs is 1. The number of nitrogens with one attached hydrogen (secondary N) is 1. The fourth-order valence-corrected chi connectivity index (χ4v) is 5.58. The summed E-state index contributed by atoms with van der Waals surface area (Å²) in [5, 5.41) is 3.63. The van der Waals surface area contributed by atoms with Crippen LogP contribution in [0.25, 0.3) is 0 Å². The molecular weight excluding hydrogens is 290 g/mol. The lowest BCUT2D eigenvalue weighted by Crippen LogP contribution is -2.53. The molecule has 0 atom stereocenters. The molecule has 1 N–H and O–H groups in total. The maximum Gasteiger partial charge on any atom is 0.502 e. The zero-order valence-electron chi connectivity index (χ0n) is 13.5. The molecule has 2 aliphatic heterocycles. The molecule has 0 spiro atoms. The van der Waals surface area contributed by atoms with Crippen LogP contribution in [-0.4, -0.2) is 60.2 Å². The monoisotopic (exact) mass is 319 g/mol. The minimum Gasteiger partial charge on any atom is -0.374 e. The van der Waals surface area contributed by atoms with Crippen LogP contribution >= 0.6 is 0 Å². The van der Waals surface area contributed by atoms with Gasteiger partial charge in [0.2, 0.25) is 0 Å². The van der Waals surface area contributed by atoms with Gasteiger partial charge in [-0.15, -0.1) is 0 Å². The zero-order valence-corrected chi connectivity index (χ0v) is 14.5. The van der Waals surface area contributed by atoms with Gasteiger partial charge in [-0.2, -0.15) is 0 Å². The lowest BCUT2D eigenvalue weighted by Gasteiger charge is -2.31. The molecule has 124 valence electrons. The third-order valence-electron chi connectivity index (χ3n) is 4.09. The van der Waals surface area contributed by atoms with E-state index in [-0.39, 0.29) is 11.8 Å². The van der Waals surface area contributed by atoms with E-state index in [1.54, 1.807) is 0 Å². The van der Waals surface area contributed by atoms with Gasteiger partial charge in [0.25, 0.3) is 0 Å². The van der Waals surface area contributed by atoms with E-state index in [9.17, 15) is 0 Å². The highest BCUT2D eigenvalue weighted by Crippen LogP contribution is 2.35. The average molecular weight is 319 g/mol. The van der Waals surface area contributed by atoms with Crippen LogP contribution in [0.3, 0.4) is 0 Å². The summed E-state index contributed by atoms with van der Waals surface area (Å²) in [6.07, 6.45) is 1.91. The molecule has 2 saturated heterocycles. The molecule has 0 aliphatic carbocycles. The highest BCUT2D eigenvalue weighted by molar-refractivity contribution is 6.60. The first-order valence-electron chi connectivity index (χ1n) is 8.10. The highest BCUT2D eigenvalue weighted by Gasteiger charge is 2.49. The number of hydrogen-bond donors (Lipinski definition) is 1. The van der Waals surface area contributed by atoms with E-state index in [1.165, 1.54) is 0 Å². The summed E-state index contributed by atoms with van der Waals surface area (Å²) >= 11 is 0. The topological polar surface area (TPSA) is 58.2 Å². The molecule has 0 aromatic carbocycles. The molecule has 0 saturated carbocycles. The minimum absolute atomic E-state index is 0.0230. The summed E-state index contributed by atoms with van der Waals surface area (Å²) in [5.74, 6) is 0. The molecule has 0 amide bonds. The predicted molar refractivity (Wildman–Crippen MR) is 81.1 cm³/mol. The Morgan fingerprint density at radius 3 is 2.00 bits per heavy atom. The van der Waals surface area contributed by atoms with Crippen molar-refractivity contribution in [3.63, 3.8) is 0 Å². The number of ether oxygens (including phenoxy) is 2. The second-order valence-corrected chi connectivity index (χ2v) is 8.12. The van der Waals surface area contributed by atoms with Crippen molar-refractivity contribution in [3.05, 3.63) is 0 Å². The third-order valence-corrected chi connectivity index (χ3v) is 7.13. The van der Waals surface area contributed by atoms with E-state index in [4.69, 9.17) is 22.8 Å². The summed E-state index contributed by atoms with van der Waals surface area (Å²) in [6, 6.07) is 0.775. The van der Waals surface area contributed by atoms with Crippen molar-refractivity contribution in [2.75, 3.05) is 39.6 Å². The van der Waals surface area contributed by atoms with Crippen molar-refractivity contribution in [1.29, 1.82) is 0 Å². The Morgan fingerprint density at radius 1 is 1.00 bits per heavy atom. The van der Waals surface area contributed by atoms with Crippen LogP contribution in [0.1, 0.15) is 33.6 Å². The molecule has 2 aliphatic rings. The quantitative estimate of drug-likeness (QED) is 0.616. The molecule has 21 heavy (non-hydrogen) atoms. The van der Waals surface area contributed by atoms with Crippen LogP contribution < -0.4 is 5.32 Å². The standard InChI is InChI=1S/C14H29NO5Si/c1-4-18-21(19-5-2,20-6-3)12-9-15-14-7-10-16-13(14)17-11-8-14/h13,15H,4-12H2,1-3H3. The molecule has 2 fully saturated rings. The first kappa shape index (κ1) is 17.3. The maximum atomic E-state index is 5.88. The molecule has 2 rings (SSSR count). The zero-order chi connectivity index (χ0) is 15.2. The summed E-state index contributed by atoms with van der Waals surface area (Å²) < 4.78 is 28.9. The van der Waals surface area contributed by atoms with E-state index < -0.39 is 8.80 Å². The van der Waals surface area contributed by atoms with Gasteiger partial charge < -0.3 is 28.1 Å². The van der Waals surface area contributed by atoms with Crippen LogP contribution in [0, 0.1) is 0 Å². The molecule has 0 aromatic heterocycles. The Kier molecular flexibility index (Phi) is 6.61. The van der Waals surface area contributed by atoms with Gasteiger partial charge in [-0.3, -0.25) is 0 Å². The summed E-state index contributed by atoms with van der Waals surface area (Å²) in [7, 11) is -2.56. The Labute approximate surface area is 128 Å². The second-order valence-electron chi connectivity index (χ2n) is 5.39. The fourth-order valence-electron chi connectivity index (χ4n) is 3.15. The molecule has 6 nitrogen and oxygen atoms in total. The molecule has 7 heteroatoms. The van der Waals surface area contributed by atoms with Crippen LogP contribution in [-0.2, 0) is 22.8 Å². The first-order chi connectivity index (χ1) is 10.2. The van der Waals surface area contributed by atoms with Crippen LogP contribution in [0.5, 0.6) is 0 Å². The SMILES string of the molecule is CCO[Si](CCNC12CCOC1OCC2)(OCC)OCC. The Hall–Kier alpha value is -0.0231. The highest BCUT2D eigenvalue weighted by atomic mass is 28.4. The second kappa shape index (κ2) is 8.01. The van der Waals surface area contributed by atoms with E-state index in [0.29, 0.717) is 19.8 Å². The van der Waals surface area contributed by atoms with Crippen molar-refractivity contribution < 1.29 is 22.8 Å². The van der Waals surface area contributed by atoms with Gasteiger partial charge in [-0.05, 0) is 33.6 Å². The number of hydrogen-bond acceptors (Lipinski definition) is 6. The fraction of sp³-hybridized carbons (Fsp3) is 1.00. The van der Waals surface area contributed by atoms with Crippen molar-refractivity contribution in [2.24, 2.45) is 0 Å². The normalized spacial score (nSPS) is 29.0. The van der Waals surface area contributed by atoms with Crippen LogP contribution in [0.2, 0.25) is 6.04 Å². The van der Waals surface area contributed by atoms with Gasteiger partial charge in [0, 0.05) is 32.4 Å². The maximum absolute atomic E-state index is 5.88. The molecule has 0 bridgehead atoms. The van der Waals surface area contributed by atoms with E-state index in [2.05, 4.69) is 5.32 Å². The molecule has 0 unspecified atom stereocenters. The largest absolute Gasteiger partial charge is 0.502 e. The lowest BCUT2D eigenvalue weighted by molar-refractivity contribution is -0.0996. The van der Waals surface area contributed by atoms with Gasteiger partial charge in [-0.1, -0.05) is 0 Å². The lowest BCUT2D eigenvalue weighted by atomic mass is 9.95. The Balaban J connectivity index is 1.88. The van der Waals surface area contributed by atoms with E-state index in [0.717, 1.165) is 38.6 Å². The van der Waals surface area contributed by atoms with Gasteiger partial charge in [0.1, 0.15) is 0 Å². The van der Waals surface area contributed by atoms with Gasteiger partial charge in [-0.25, -0.2) is 0 Å². The summed E-state index contributed by atoms with van der Waals surface area (Å²) in [6.45, 7) is 10.1.